The highest BCUT2D eigenvalue weighted by Crippen LogP contribution is 2.28. The maximum absolute atomic E-state index is 11.4. The number of likely N-dealkylation sites (N-methyl/N-ethyl adjacent to an activating group) is 1. The van der Waals surface area contributed by atoms with E-state index in [1.54, 1.807) is 14.2 Å². The molecule has 1 aromatic heterocycles. The Labute approximate surface area is 177 Å². The molecule has 2 N–H and O–H groups in total. The number of nitrogens with one attached hydrogen (secondary N) is 2. The minimum Gasteiger partial charge on any atom is -0.493 e. The van der Waals surface area contributed by atoms with E-state index >= 15 is 0 Å². The van der Waals surface area contributed by atoms with Gasteiger partial charge in [0.25, 0.3) is 5.91 Å². The predicted molar refractivity (Wildman–Crippen MR) is 118 cm³/mol. The van der Waals surface area contributed by atoms with Gasteiger partial charge in [0.1, 0.15) is 5.82 Å². The normalized spacial score (nSPS) is 10.3. The van der Waals surface area contributed by atoms with Crippen molar-refractivity contribution < 1.29 is 14.3 Å². The first-order chi connectivity index (χ1) is 14.7. The van der Waals surface area contributed by atoms with E-state index in [0.717, 1.165) is 24.2 Å². The lowest BCUT2D eigenvalue weighted by Crippen LogP contribution is -2.24. The van der Waals surface area contributed by atoms with Gasteiger partial charge in [0, 0.05) is 19.8 Å². The van der Waals surface area contributed by atoms with Crippen LogP contribution >= 0.6 is 0 Å². The molecule has 0 radical (unpaired) electrons. The van der Waals surface area contributed by atoms with Gasteiger partial charge in [-0.2, -0.15) is 0 Å². The first-order valence-electron chi connectivity index (χ1n) is 9.91. The Morgan fingerprint density at radius 1 is 0.933 bits per heavy atom. The van der Waals surface area contributed by atoms with Crippen molar-refractivity contribution in [1.82, 2.24) is 10.3 Å². The number of amides is 1. The number of ether oxygens (including phenoxy) is 2. The van der Waals surface area contributed by atoms with Gasteiger partial charge in [-0.25, -0.2) is 4.98 Å². The Hall–Kier alpha value is -3.54. The molecule has 1 heterocycles. The lowest BCUT2D eigenvalue weighted by atomic mass is 10.1. The van der Waals surface area contributed by atoms with Crippen molar-refractivity contribution in [1.29, 1.82) is 0 Å². The van der Waals surface area contributed by atoms with E-state index in [4.69, 9.17) is 9.47 Å². The summed E-state index contributed by atoms with van der Waals surface area (Å²) in [5.41, 5.74) is 3.59. The quantitative estimate of drug-likeness (QED) is 0.539. The molecule has 0 unspecified atom stereocenters. The molecule has 0 aliphatic carbocycles. The van der Waals surface area contributed by atoms with Crippen molar-refractivity contribution in [2.75, 3.05) is 26.1 Å². The number of anilines is 1. The Morgan fingerprint density at radius 3 is 2.50 bits per heavy atom. The van der Waals surface area contributed by atoms with Gasteiger partial charge in [-0.3, -0.25) is 4.79 Å². The maximum Gasteiger partial charge on any atom is 0.257 e. The summed E-state index contributed by atoms with van der Waals surface area (Å²) in [7, 11) is 3.15. The van der Waals surface area contributed by atoms with Gasteiger partial charge < -0.3 is 20.1 Å². The zero-order valence-electron chi connectivity index (χ0n) is 17.4. The molecule has 0 bridgehead atoms. The summed E-state index contributed by atoms with van der Waals surface area (Å²) in [4.78, 5) is 15.8. The molecule has 0 fully saturated rings. The smallest absolute Gasteiger partial charge is 0.257 e. The van der Waals surface area contributed by atoms with Gasteiger partial charge in [0.2, 0.25) is 0 Å². The molecule has 3 aromatic rings. The number of nitrogens with zero attached hydrogens (tertiary/aromatic N) is 1. The first-order valence-corrected chi connectivity index (χ1v) is 9.91. The molecule has 6 heteroatoms. The van der Waals surface area contributed by atoms with E-state index < -0.39 is 0 Å². The van der Waals surface area contributed by atoms with Crippen LogP contribution in [0.3, 0.4) is 0 Å². The van der Waals surface area contributed by atoms with Crippen LogP contribution in [0.4, 0.5) is 5.82 Å². The van der Waals surface area contributed by atoms with Crippen molar-refractivity contribution in [3.05, 3.63) is 83.6 Å². The standard InChI is InChI=1S/C24H27N3O3/c1-25-24(28)17-30-21-11-10-20(14-22(21)29-2)16-27-23-15-19(12-13-26-23)9-8-18-6-4-3-5-7-18/h3-7,10-15H,8-9,16-17H2,1-2H3,(H,25,28)(H,26,27). The molecule has 3 rings (SSSR count). The SMILES string of the molecule is CNC(=O)COc1ccc(CNc2cc(CCc3ccccc3)ccn2)cc1OC. The summed E-state index contributed by atoms with van der Waals surface area (Å²) in [5, 5.41) is 5.88. The summed E-state index contributed by atoms with van der Waals surface area (Å²) < 4.78 is 10.9. The molecule has 6 nitrogen and oxygen atoms in total. The zero-order valence-corrected chi connectivity index (χ0v) is 17.4. The van der Waals surface area contributed by atoms with Crippen LogP contribution in [-0.4, -0.2) is 31.7 Å². The Kier molecular flexibility index (Phi) is 7.66. The number of aromatic nitrogens is 1. The second-order valence-corrected chi connectivity index (χ2v) is 6.84. The third-order valence-electron chi connectivity index (χ3n) is 4.71. The Bertz CT molecular complexity index is 961. The Balaban J connectivity index is 1.57. The minimum atomic E-state index is -0.194. The second kappa shape index (κ2) is 10.9. The summed E-state index contributed by atoms with van der Waals surface area (Å²) in [6.07, 6.45) is 3.80. The van der Waals surface area contributed by atoms with Gasteiger partial charge >= 0.3 is 0 Å². The highest BCUT2D eigenvalue weighted by atomic mass is 16.5. The van der Waals surface area contributed by atoms with Crippen molar-refractivity contribution in [2.45, 2.75) is 19.4 Å². The third-order valence-corrected chi connectivity index (χ3v) is 4.71. The average molecular weight is 405 g/mol. The van der Waals surface area contributed by atoms with Crippen LogP contribution in [0.1, 0.15) is 16.7 Å². The monoisotopic (exact) mass is 405 g/mol. The number of carbonyl (C=O) groups is 1. The second-order valence-electron chi connectivity index (χ2n) is 6.84. The van der Waals surface area contributed by atoms with Crippen LogP contribution < -0.4 is 20.1 Å². The van der Waals surface area contributed by atoms with Crippen LogP contribution in [0.2, 0.25) is 0 Å². The number of carbonyl (C=O) groups excluding carboxylic acids is 1. The highest BCUT2D eigenvalue weighted by Gasteiger charge is 2.08. The van der Waals surface area contributed by atoms with Crippen molar-refractivity contribution in [3.8, 4) is 11.5 Å². The summed E-state index contributed by atoms with van der Waals surface area (Å²) in [6.45, 7) is 0.547. The zero-order chi connectivity index (χ0) is 21.2. The predicted octanol–water partition coefficient (Wildman–Crippen LogP) is 3.61. The number of hydrogen-bond acceptors (Lipinski definition) is 5. The highest BCUT2D eigenvalue weighted by molar-refractivity contribution is 5.77. The van der Waals surface area contributed by atoms with Crippen molar-refractivity contribution >= 4 is 11.7 Å². The molecule has 30 heavy (non-hydrogen) atoms. The van der Waals surface area contributed by atoms with Gasteiger partial charge in [-0.05, 0) is 53.8 Å². The summed E-state index contributed by atoms with van der Waals surface area (Å²) in [6, 6.07) is 20.2. The first kappa shape index (κ1) is 21.2. The van der Waals surface area contributed by atoms with Gasteiger partial charge in [0.15, 0.2) is 18.1 Å². The maximum atomic E-state index is 11.4. The fourth-order valence-electron chi connectivity index (χ4n) is 3.01. The molecular formula is C24H27N3O3. The lowest BCUT2D eigenvalue weighted by Gasteiger charge is -2.13. The number of hydrogen-bond donors (Lipinski definition) is 2. The van der Waals surface area contributed by atoms with Crippen LogP contribution in [0.25, 0.3) is 0 Å². The summed E-state index contributed by atoms with van der Waals surface area (Å²) >= 11 is 0. The van der Waals surface area contributed by atoms with Crippen LogP contribution in [0.5, 0.6) is 11.5 Å². The van der Waals surface area contributed by atoms with Gasteiger partial charge in [-0.15, -0.1) is 0 Å². The van der Waals surface area contributed by atoms with Crippen LogP contribution in [0.15, 0.2) is 66.9 Å². The molecule has 0 atom stereocenters. The van der Waals surface area contributed by atoms with E-state index in [1.807, 2.05) is 30.5 Å². The van der Waals surface area contributed by atoms with Gasteiger partial charge in [-0.1, -0.05) is 36.4 Å². The van der Waals surface area contributed by atoms with E-state index in [0.29, 0.717) is 18.0 Å². The van der Waals surface area contributed by atoms with Gasteiger partial charge in [0.05, 0.1) is 7.11 Å². The summed E-state index contributed by atoms with van der Waals surface area (Å²) in [5.74, 6) is 1.76. The van der Waals surface area contributed by atoms with Crippen molar-refractivity contribution in [2.24, 2.45) is 0 Å². The van der Waals surface area contributed by atoms with Crippen LogP contribution in [0, 0.1) is 0 Å². The third kappa shape index (κ3) is 6.24. The van der Waals surface area contributed by atoms with E-state index in [9.17, 15) is 4.79 Å². The largest absolute Gasteiger partial charge is 0.493 e. The molecule has 0 spiro atoms. The van der Waals surface area contributed by atoms with E-state index in [-0.39, 0.29) is 12.5 Å². The lowest BCUT2D eigenvalue weighted by molar-refractivity contribution is -0.122. The molecule has 0 aliphatic rings. The molecule has 0 saturated heterocycles. The number of rotatable bonds is 10. The number of aryl methyl sites for hydroxylation is 2. The molecule has 0 saturated carbocycles. The minimum absolute atomic E-state index is 0.0514. The number of pyridine rings is 1. The number of benzene rings is 2. The van der Waals surface area contributed by atoms with E-state index in [2.05, 4.69) is 52.0 Å². The molecule has 156 valence electrons. The molecule has 1 amide bonds. The Morgan fingerprint density at radius 2 is 1.73 bits per heavy atom. The van der Waals surface area contributed by atoms with Crippen molar-refractivity contribution in [3.63, 3.8) is 0 Å². The molecule has 0 aliphatic heterocycles. The molecule has 2 aromatic carbocycles. The topological polar surface area (TPSA) is 72.5 Å². The number of methoxy groups -OCH3 is 1. The fraction of sp³-hybridized carbons (Fsp3) is 0.250. The fourth-order valence-corrected chi connectivity index (χ4v) is 3.01. The van der Waals surface area contributed by atoms with Crippen LogP contribution in [-0.2, 0) is 24.2 Å². The average Bonchev–Trinajstić information content (AvgIpc) is 2.81. The van der Waals surface area contributed by atoms with E-state index in [1.165, 1.54) is 11.1 Å². The molecular weight excluding hydrogens is 378 g/mol.